The maximum Gasteiger partial charge on any atom is 0.243 e. The van der Waals surface area contributed by atoms with Crippen molar-refractivity contribution in [3.05, 3.63) is 35.5 Å². The first-order chi connectivity index (χ1) is 11.0. The fourth-order valence-electron chi connectivity index (χ4n) is 3.34. The van der Waals surface area contributed by atoms with Gasteiger partial charge in [-0.15, -0.1) is 0 Å². The summed E-state index contributed by atoms with van der Waals surface area (Å²) in [6.45, 7) is 0.138. The number of carbonyl (C=O) groups excluding carboxylic acids is 2. The number of carbonyl (C=O) groups is 2. The van der Waals surface area contributed by atoms with Gasteiger partial charge in [-0.3, -0.25) is 9.59 Å². The molecule has 1 heterocycles. The molecule has 1 aliphatic carbocycles. The number of aromatic nitrogens is 1. The number of halogens is 1. The van der Waals surface area contributed by atoms with E-state index in [4.69, 9.17) is 17.3 Å². The highest BCUT2D eigenvalue weighted by atomic mass is 35.5. The monoisotopic (exact) mass is 333 g/mol. The molecule has 1 aromatic heterocycles. The zero-order valence-corrected chi connectivity index (χ0v) is 13.6. The minimum Gasteiger partial charge on any atom is -0.368 e. The van der Waals surface area contributed by atoms with E-state index >= 15 is 0 Å². The third kappa shape index (κ3) is 3.20. The lowest BCUT2D eigenvalue weighted by Gasteiger charge is -2.35. The fraction of sp³-hybridized carbons (Fsp3) is 0.412. The number of nitrogens with zero attached hydrogens (tertiary/aromatic N) is 1. The number of nitrogens with one attached hydrogen (secondary N) is 1. The van der Waals surface area contributed by atoms with Gasteiger partial charge in [-0.05, 0) is 36.4 Å². The number of primary amides is 1. The summed E-state index contributed by atoms with van der Waals surface area (Å²) in [5.74, 6) is -0.644. The van der Waals surface area contributed by atoms with Gasteiger partial charge in [-0.25, -0.2) is 0 Å². The Bertz CT molecular complexity index is 747. The van der Waals surface area contributed by atoms with E-state index in [1.807, 2.05) is 35.0 Å². The van der Waals surface area contributed by atoms with Crippen LogP contribution in [0, 0.1) is 0 Å². The van der Waals surface area contributed by atoms with Crippen LogP contribution in [0.3, 0.4) is 0 Å². The van der Waals surface area contributed by atoms with Crippen LogP contribution in [0.25, 0.3) is 10.9 Å². The molecule has 1 saturated carbocycles. The summed E-state index contributed by atoms with van der Waals surface area (Å²) in [5.41, 5.74) is 5.56. The number of amides is 2. The van der Waals surface area contributed by atoms with E-state index in [9.17, 15) is 9.59 Å². The van der Waals surface area contributed by atoms with E-state index in [1.54, 1.807) is 0 Å². The van der Waals surface area contributed by atoms with Gasteiger partial charge in [0, 0.05) is 16.7 Å². The summed E-state index contributed by atoms with van der Waals surface area (Å²) >= 11 is 6.03. The average molecular weight is 334 g/mol. The van der Waals surface area contributed by atoms with Crippen LogP contribution in [0.2, 0.25) is 5.02 Å². The molecular formula is C17H20ClN3O2. The lowest BCUT2D eigenvalue weighted by molar-refractivity contribution is -0.133. The van der Waals surface area contributed by atoms with Crippen LogP contribution < -0.4 is 11.1 Å². The van der Waals surface area contributed by atoms with Crippen molar-refractivity contribution in [2.75, 3.05) is 0 Å². The highest BCUT2D eigenvalue weighted by molar-refractivity contribution is 6.31. The Morgan fingerprint density at radius 1 is 1.22 bits per heavy atom. The molecule has 3 rings (SSSR count). The third-order valence-corrected chi connectivity index (χ3v) is 4.84. The quantitative estimate of drug-likeness (QED) is 0.902. The molecule has 0 bridgehead atoms. The van der Waals surface area contributed by atoms with Gasteiger partial charge < -0.3 is 15.6 Å². The maximum absolute atomic E-state index is 12.4. The molecule has 23 heavy (non-hydrogen) atoms. The number of benzene rings is 1. The summed E-state index contributed by atoms with van der Waals surface area (Å²) in [7, 11) is 0. The van der Waals surface area contributed by atoms with Gasteiger partial charge >= 0.3 is 0 Å². The number of fused-ring (bicyclic) bond motifs is 1. The van der Waals surface area contributed by atoms with Crippen LogP contribution in [0.15, 0.2) is 30.5 Å². The summed E-state index contributed by atoms with van der Waals surface area (Å²) in [6.07, 6.45) is 5.97. The second-order valence-corrected chi connectivity index (χ2v) is 6.64. The van der Waals surface area contributed by atoms with Crippen molar-refractivity contribution in [2.45, 2.75) is 44.2 Å². The Kier molecular flexibility index (Phi) is 4.31. The van der Waals surface area contributed by atoms with Gasteiger partial charge in [0.05, 0.1) is 0 Å². The van der Waals surface area contributed by atoms with Gasteiger partial charge in [0.2, 0.25) is 11.8 Å². The molecule has 3 N–H and O–H groups in total. The van der Waals surface area contributed by atoms with E-state index in [0.29, 0.717) is 17.9 Å². The van der Waals surface area contributed by atoms with Crippen LogP contribution in [0.4, 0.5) is 0 Å². The van der Waals surface area contributed by atoms with Gasteiger partial charge in [0.1, 0.15) is 12.1 Å². The van der Waals surface area contributed by atoms with E-state index in [1.165, 1.54) is 0 Å². The second kappa shape index (κ2) is 6.24. The number of nitrogens with two attached hydrogens (primary N) is 1. The lowest BCUT2D eigenvalue weighted by Crippen LogP contribution is -2.58. The van der Waals surface area contributed by atoms with Crippen molar-refractivity contribution in [3.63, 3.8) is 0 Å². The van der Waals surface area contributed by atoms with Crippen LogP contribution in [-0.2, 0) is 16.1 Å². The zero-order chi connectivity index (χ0) is 16.4. The molecule has 1 aliphatic rings. The average Bonchev–Trinajstić information content (AvgIpc) is 2.90. The smallest absolute Gasteiger partial charge is 0.243 e. The molecule has 0 atom stereocenters. The molecule has 122 valence electrons. The summed E-state index contributed by atoms with van der Waals surface area (Å²) in [4.78, 5) is 24.3. The standard InChI is InChI=1S/C17H20ClN3O2/c18-13-5-4-12-6-9-21(14(12)10-13)11-15(22)20-17(16(19)23)7-2-1-3-8-17/h4-6,9-10H,1-3,7-8,11H2,(H2,19,23)(H,20,22). The van der Waals surface area contributed by atoms with Gasteiger partial charge in [-0.1, -0.05) is 36.9 Å². The fourth-order valence-corrected chi connectivity index (χ4v) is 3.51. The zero-order valence-electron chi connectivity index (χ0n) is 12.8. The minimum absolute atomic E-state index is 0.138. The predicted molar refractivity (Wildman–Crippen MR) is 90.1 cm³/mol. The second-order valence-electron chi connectivity index (χ2n) is 6.20. The molecule has 2 aromatic rings. The topological polar surface area (TPSA) is 77.1 Å². The SMILES string of the molecule is NC(=O)C1(NC(=O)Cn2ccc3ccc(Cl)cc32)CCCCC1. The molecule has 0 radical (unpaired) electrons. The summed E-state index contributed by atoms with van der Waals surface area (Å²) in [6, 6.07) is 7.49. The highest BCUT2D eigenvalue weighted by Gasteiger charge is 2.39. The molecule has 2 amide bonds. The van der Waals surface area contributed by atoms with Crippen LogP contribution in [-0.4, -0.2) is 21.9 Å². The number of hydrogen-bond donors (Lipinski definition) is 2. The number of rotatable bonds is 4. The van der Waals surface area contributed by atoms with E-state index in [-0.39, 0.29) is 12.5 Å². The molecule has 1 aromatic carbocycles. The molecule has 0 aliphatic heterocycles. The lowest BCUT2D eigenvalue weighted by atomic mass is 9.81. The highest BCUT2D eigenvalue weighted by Crippen LogP contribution is 2.28. The normalized spacial score (nSPS) is 17.1. The Morgan fingerprint density at radius 2 is 1.96 bits per heavy atom. The van der Waals surface area contributed by atoms with E-state index < -0.39 is 11.4 Å². The Morgan fingerprint density at radius 3 is 2.65 bits per heavy atom. The van der Waals surface area contributed by atoms with Crippen molar-refractivity contribution >= 4 is 34.3 Å². The predicted octanol–water partition coefficient (Wildman–Crippen LogP) is 2.60. The van der Waals surface area contributed by atoms with Crippen molar-refractivity contribution in [2.24, 2.45) is 5.73 Å². The molecule has 0 saturated heterocycles. The first-order valence-corrected chi connectivity index (χ1v) is 8.23. The Hall–Kier alpha value is -2.01. The maximum atomic E-state index is 12.4. The first kappa shape index (κ1) is 15.9. The van der Waals surface area contributed by atoms with Crippen molar-refractivity contribution in [1.82, 2.24) is 9.88 Å². The molecule has 1 fully saturated rings. The largest absolute Gasteiger partial charge is 0.368 e. The van der Waals surface area contributed by atoms with Crippen LogP contribution >= 0.6 is 11.6 Å². The third-order valence-electron chi connectivity index (χ3n) is 4.61. The molecule has 5 nitrogen and oxygen atoms in total. The van der Waals surface area contributed by atoms with Gasteiger partial charge in [-0.2, -0.15) is 0 Å². The molecule has 0 unspecified atom stereocenters. The van der Waals surface area contributed by atoms with E-state index in [2.05, 4.69) is 5.32 Å². The Balaban J connectivity index is 1.77. The van der Waals surface area contributed by atoms with Gasteiger partial charge in [0.15, 0.2) is 0 Å². The van der Waals surface area contributed by atoms with E-state index in [0.717, 1.165) is 30.2 Å². The summed E-state index contributed by atoms with van der Waals surface area (Å²) < 4.78 is 1.83. The first-order valence-electron chi connectivity index (χ1n) is 7.85. The number of hydrogen-bond acceptors (Lipinski definition) is 2. The van der Waals surface area contributed by atoms with Crippen LogP contribution in [0.1, 0.15) is 32.1 Å². The molecule has 0 spiro atoms. The summed E-state index contributed by atoms with van der Waals surface area (Å²) in [5, 5.41) is 4.52. The van der Waals surface area contributed by atoms with Crippen LogP contribution in [0.5, 0.6) is 0 Å². The molecule has 6 heteroatoms. The Labute approximate surface area is 139 Å². The van der Waals surface area contributed by atoms with Crippen molar-refractivity contribution in [1.29, 1.82) is 0 Å². The van der Waals surface area contributed by atoms with Crippen molar-refractivity contribution < 1.29 is 9.59 Å². The minimum atomic E-state index is -0.893. The van der Waals surface area contributed by atoms with Gasteiger partial charge in [0.25, 0.3) is 0 Å². The molecular weight excluding hydrogens is 314 g/mol. The van der Waals surface area contributed by atoms with Crippen molar-refractivity contribution in [3.8, 4) is 0 Å².